The molecule has 106 valence electrons. The summed E-state index contributed by atoms with van der Waals surface area (Å²) in [5.41, 5.74) is 4.53. The van der Waals surface area contributed by atoms with Crippen LogP contribution in [0.4, 0.5) is 4.39 Å². The molecule has 22 heavy (non-hydrogen) atoms. The molecule has 0 bridgehead atoms. The highest BCUT2D eigenvalue weighted by Gasteiger charge is 2.07. The summed E-state index contributed by atoms with van der Waals surface area (Å²) in [6.45, 7) is 0. The molecular weight excluding hydrogens is 341 g/mol. The number of rotatable bonds is 1. The van der Waals surface area contributed by atoms with Gasteiger partial charge in [0.25, 0.3) is 0 Å². The van der Waals surface area contributed by atoms with E-state index < -0.39 is 0 Å². The second kappa shape index (κ2) is 6.13. The van der Waals surface area contributed by atoms with Crippen LogP contribution >= 0.6 is 15.9 Å². The molecule has 0 fully saturated rings. The molecule has 0 aliphatic heterocycles. The zero-order valence-electron chi connectivity index (χ0n) is 11.6. The molecule has 1 heterocycles. The van der Waals surface area contributed by atoms with Crippen LogP contribution in [0.25, 0.3) is 22.4 Å². The molecule has 2 aliphatic carbocycles. The molecule has 2 aliphatic rings. The van der Waals surface area contributed by atoms with Gasteiger partial charge in [-0.15, -0.1) is 6.42 Å². The normalized spacial score (nSPS) is 10.2. The number of terminal acetylenes is 1. The van der Waals surface area contributed by atoms with E-state index in [1.54, 1.807) is 30.3 Å². The molecule has 3 heteroatoms. The van der Waals surface area contributed by atoms with Crippen LogP contribution in [0.15, 0.2) is 65.3 Å². The summed E-state index contributed by atoms with van der Waals surface area (Å²) in [5.74, 6) is 2.19. The van der Waals surface area contributed by atoms with Crippen LogP contribution in [0.5, 0.6) is 0 Å². The summed E-state index contributed by atoms with van der Waals surface area (Å²) in [6, 6.07) is 18.4. The Labute approximate surface area is 137 Å². The first-order valence-electron chi connectivity index (χ1n) is 6.67. The lowest BCUT2D eigenvalue weighted by Crippen LogP contribution is -1.90. The van der Waals surface area contributed by atoms with Gasteiger partial charge in [-0.1, -0.05) is 36.3 Å². The third-order valence-corrected chi connectivity index (χ3v) is 3.87. The lowest BCUT2D eigenvalue weighted by atomic mass is 10.1. The minimum Gasteiger partial charge on any atom is -0.239 e. The van der Waals surface area contributed by atoms with E-state index in [9.17, 15) is 4.39 Å². The van der Waals surface area contributed by atoms with Gasteiger partial charge in [0.15, 0.2) is 0 Å². The van der Waals surface area contributed by atoms with E-state index in [2.05, 4.69) is 51.1 Å². The first-order chi connectivity index (χ1) is 10.7. The van der Waals surface area contributed by atoms with Gasteiger partial charge in [-0.05, 0) is 57.4 Å². The van der Waals surface area contributed by atoms with Crippen LogP contribution in [0.2, 0.25) is 0 Å². The molecule has 0 saturated carbocycles. The average Bonchev–Trinajstić information content (AvgIpc) is 3.14. The van der Waals surface area contributed by atoms with Crippen molar-refractivity contribution in [2.24, 2.45) is 0 Å². The summed E-state index contributed by atoms with van der Waals surface area (Å²) < 4.78 is 14.0. The molecule has 1 aromatic heterocycles. The van der Waals surface area contributed by atoms with Crippen molar-refractivity contribution in [1.29, 1.82) is 0 Å². The average molecular weight is 352 g/mol. The Balaban J connectivity index is 0.000000196. The van der Waals surface area contributed by atoms with E-state index in [-0.39, 0.29) is 5.82 Å². The first-order valence-corrected chi connectivity index (χ1v) is 7.47. The number of pyridine rings is 1. The van der Waals surface area contributed by atoms with Crippen molar-refractivity contribution in [3.8, 4) is 34.7 Å². The van der Waals surface area contributed by atoms with Crippen molar-refractivity contribution in [2.45, 2.75) is 0 Å². The van der Waals surface area contributed by atoms with E-state index in [1.807, 2.05) is 0 Å². The Morgan fingerprint density at radius 3 is 2.18 bits per heavy atom. The lowest BCUT2D eigenvalue weighted by molar-refractivity contribution is 0.630. The Hall–Kier alpha value is -2.44. The number of halogens is 2. The molecule has 2 aromatic rings. The summed E-state index contributed by atoms with van der Waals surface area (Å²) in [6.07, 6.45) is 5.28. The predicted molar refractivity (Wildman–Crippen MR) is 90.7 cm³/mol. The number of nitrogens with zero attached hydrogens (tertiary/aromatic N) is 1. The van der Waals surface area contributed by atoms with Gasteiger partial charge in [-0.25, -0.2) is 9.37 Å². The SMILES string of the molecule is C#Cc1ccc(-c2ccccc2F)nc1Br.c1cc2cc-2c1. The maximum absolute atomic E-state index is 13.5. The van der Waals surface area contributed by atoms with Gasteiger partial charge in [-0.3, -0.25) is 0 Å². The number of hydrogen-bond acceptors (Lipinski definition) is 1. The van der Waals surface area contributed by atoms with Crippen LogP contribution in [0, 0.1) is 18.2 Å². The van der Waals surface area contributed by atoms with Crippen LogP contribution in [-0.4, -0.2) is 4.98 Å². The van der Waals surface area contributed by atoms with Crippen LogP contribution in [-0.2, 0) is 0 Å². The van der Waals surface area contributed by atoms with Crippen molar-refractivity contribution in [3.63, 3.8) is 0 Å². The van der Waals surface area contributed by atoms with E-state index in [4.69, 9.17) is 6.42 Å². The molecule has 4 rings (SSSR count). The summed E-state index contributed by atoms with van der Waals surface area (Å²) in [5, 5.41) is 0. The number of benzene rings is 2. The smallest absolute Gasteiger partial charge is 0.132 e. The van der Waals surface area contributed by atoms with E-state index in [0.717, 1.165) is 0 Å². The maximum Gasteiger partial charge on any atom is 0.132 e. The third-order valence-electron chi connectivity index (χ3n) is 3.27. The largest absolute Gasteiger partial charge is 0.239 e. The fourth-order valence-corrected chi connectivity index (χ4v) is 2.47. The van der Waals surface area contributed by atoms with Gasteiger partial charge >= 0.3 is 0 Å². The lowest BCUT2D eigenvalue weighted by Gasteiger charge is -2.03. The molecule has 0 amide bonds. The van der Waals surface area contributed by atoms with Crippen molar-refractivity contribution in [2.75, 3.05) is 0 Å². The molecule has 0 unspecified atom stereocenters. The Kier molecular flexibility index (Phi) is 4.04. The van der Waals surface area contributed by atoms with E-state index >= 15 is 0 Å². The molecule has 1 nitrogen and oxygen atoms in total. The molecule has 0 saturated heterocycles. The fraction of sp³-hybridized carbons (Fsp3) is 0. The van der Waals surface area contributed by atoms with Gasteiger partial charge in [-0.2, -0.15) is 0 Å². The summed E-state index contributed by atoms with van der Waals surface area (Å²) in [7, 11) is 0. The van der Waals surface area contributed by atoms with Crippen molar-refractivity contribution >= 4 is 15.9 Å². The molecule has 0 spiro atoms. The second-order valence-corrected chi connectivity index (χ2v) is 5.49. The number of fused-ring (bicyclic) bond motifs is 1. The predicted octanol–water partition coefficient (Wildman–Crippen LogP) is 5.30. The minimum atomic E-state index is -0.296. The highest BCUT2D eigenvalue weighted by atomic mass is 79.9. The molecule has 0 atom stereocenters. The number of aromatic nitrogens is 1. The quantitative estimate of drug-likeness (QED) is 0.335. The molecule has 0 radical (unpaired) electrons. The first kappa shape index (κ1) is 14.5. The van der Waals surface area contributed by atoms with Crippen molar-refractivity contribution < 1.29 is 4.39 Å². The molecule has 1 aromatic carbocycles. The van der Waals surface area contributed by atoms with Crippen LogP contribution in [0.3, 0.4) is 0 Å². The van der Waals surface area contributed by atoms with Gasteiger partial charge in [0.2, 0.25) is 0 Å². The zero-order chi connectivity index (χ0) is 15.5. The summed E-state index contributed by atoms with van der Waals surface area (Å²) in [4.78, 5) is 4.21. The highest BCUT2D eigenvalue weighted by Crippen LogP contribution is 2.32. The maximum atomic E-state index is 13.5. The Morgan fingerprint density at radius 1 is 0.955 bits per heavy atom. The van der Waals surface area contributed by atoms with E-state index in [0.29, 0.717) is 21.4 Å². The number of hydrogen-bond donors (Lipinski definition) is 0. The Bertz CT molecular complexity index is 863. The molecule has 0 N–H and O–H groups in total. The van der Waals surface area contributed by atoms with Crippen molar-refractivity contribution in [1.82, 2.24) is 4.98 Å². The monoisotopic (exact) mass is 351 g/mol. The highest BCUT2D eigenvalue weighted by molar-refractivity contribution is 9.10. The van der Waals surface area contributed by atoms with E-state index in [1.165, 1.54) is 17.2 Å². The van der Waals surface area contributed by atoms with Crippen molar-refractivity contribution in [3.05, 3.63) is 76.6 Å². The zero-order valence-corrected chi connectivity index (χ0v) is 13.1. The standard InChI is InChI=1S/C13H7BrFN.C6H4/c1-2-9-7-8-12(16-13(9)14)10-5-3-4-6-11(10)15;1-2-5-4-6(5)3-1/h1,3-8H;1-4H. The van der Waals surface area contributed by atoms with Gasteiger partial charge in [0, 0.05) is 5.56 Å². The second-order valence-electron chi connectivity index (χ2n) is 4.74. The Morgan fingerprint density at radius 2 is 1.68 bits per heavy atom. The topological polar surface area (TPSA) is 12.9 Å². The van der Waals surface area contributed by atoms with Gasteiger partial charge in [0.05, 0.1) is 11.3 Å². The fourth-order valence-electron chi connectivity index (χ4n) is 2.04. The third kappa shape index (κ3) is 3.08. The van der Waals surface area contributed by atoms with Crippen LogP contribution < -0.4 is 0 Å². The summed E-state index contributed by atoms with van der Waals surface area (Å²) >= 11 is 3.25. The molecular formula is C19H11BrFN. The van der Waals surface area contributed by atoms with Gasteiger partial charge < -0.3 is 0 Å². The van der Waals surface area contributed by atoms with Crippen LogP contribution in [0.1, 0.15) is 5.56 Å². The van der Waals surface area contributed by atoms with Gasteiger partial charge in [0.1, 0.15) is 10.4 Å². The minimum absolute atomic E-state index is 0.296.